The number of hydrogen-bond donors (Lipinski definition) is 22. The monoisotopic (exact) mass is 1420 g/mol. The molecule has 14 bridgehead atoms. The predicted octanol–water partition coefficient (Wildman–Crippen LogP) is -14.4. The van der Waals surface area contributed by atoms with Crippen molar-refractivity contribution >= 4 is 11.8 Å². The summed E-state index contributed by atoms with van der Waals surface area (Å²) in [5.74, 6) is -1.29. The van der Waals surface area contributed by atoms with Crippen LogP contribution in [0.5, 0.6) is 0 Å². The third-order valence-electron chi connectivity index (χ3n) is 18.1. The molecule has 41 nitrogen and oxygen atoms in total. The molecular weight excluding hydrogens is 1330 g/mol. The quantitative estimate of drug-likeness (QED) is 0.0736. The molecular formula is C57H85N5O36. The first-order valence-corrected chi connectivity index (χ1v) is 31.4. The SMILES string of the molecule is C=CC(=O)N[C@H](Cc1ccccc1)C(=O)NCc1cn(C[C@H]2O[C@@H]3O[C@H]4[C@H](O)[C@@H](O)[C@@H](O[C@H]5[C@H](O)[C@@H](O)[C@@H](O[C@H]6[C@H](O)[C@@H](O)[C@@H](O[C@H]7[C@H](O)[C@@H](O)[C@@H](O[C@H]8[C@H](O)[C@@H](O)[C@@H](O[C@H]9[C@H](O)[C@@H](O)[C@@H](O[C@H]2[C@H](O)[C@H]3O)O[C@@H]9CO)O[C@@H]8CO)O[C@@H]7CO)O[C@@H]6CO)O[C@@H]5CO)O[C@@H]4CO)nn1. The lowest BCUT2D eigenvalue weighted by molar-refractivity contribution is -0.396. The number of aliphatic hydroxyl groups is 20. The normalized spacial score (nSPS) is 46.1. The molecule has 554 valence electrons. The van der Waals surface area contributed by atoms with Crippen molar-refractivity contribution in [3.05, 3.63) is 60.4 Å². The van der Waals surface area contributed by atoms with Gasteiger partial charge in [0.05, 0.1) is 58.9 Å². The molecule has 21 aliphatic heterocycles. The number of nitrogens with one attached hydrogen (secondary N) is 2. The van der Waals surface area contributed by atoms with Gasteiger partial charge in [0.15, 0.2) is 44.0 Å². The first kappa shape index (κ1) is 76.3. The summed E-state index contributed by atoms with van der Waals surface area (Å²) in [6.45, 7) is -3.94. The first-order valence-electron chi connectivity index (χ1n) is 31.4. The van der Waals surface area contributed by atoms with Gasteiger partial charge in [-0.15, -0.1) is 5.10 Å². The zero-order valence-corrected chi connectivity index (χ0v) is 51.7. The molecule has 0 radical (unpaired) electrons. The number of carbonyl (C=O) groups excluding carboxylic acids is 2. The Morgan fingerprint density at radius 1 is 0.418 bits per heavy atom. The summed E-state index contributed by atoms with van der Waals surface area (Å²) in [6, 6.07) is 7.64. The van der Waals surface area contributed by atoms with Gasteiger partial charge in [-0.25, -0.2) is 4.68 Å². The van der Waals surface area contributed by atoms with Crippen molar-refractivity contribution in [3.8, 4) is 0 Å². The fourth-order valence-corrected chi connectivity index (χ4v) is 12.7. The number of hydrogen-bond acceptors (Lipinski definition) is 38. The van der Waals surface area contributed by atoms with E-state index in [1.54, 1.807) is 30.3 Å². The highest BCUT2D eigenvalue weighted by molar-refractivity contribution is 5.92. The number of aromatic nitrogens is 3. The van der Waals surface area contributed by atoms with Crippen LogP contribution in [0.1, 0.15) is 11.3 Å². The van der Waals surface area contributed by atoms with Crippen molar-refractivity contribution in [1.29, 1.82) is 0 Å². The zero-order chi connectivity index (χ0) is 70.7. The second kappa shape index (κ2) is 33.4. The molecule has 0 aliphatic carbocycles. The van der Waals surface area contributed by atoms with Crippen LogP contribution in [0.2, 0.25) is 0 Å². The van der Waals surface area contributed by atoms with Gasteiger partial charge in [-0.05, 0) is 11.6 Å². The molecule has 22 heterocycles. The Labute approximate surface area is 554 Å². The topological polar surface area (TPSA) is 623 Å². The van der Waals surface area contributed by atoms with Crippen molar-refractivity contribution in [1.82, 2.24) is 25.6 Å². The molecule has 22 N–H and O–H groups in total. The fourth-order valence-electron chi connectivity index (χ4n) is 12.7. The number of aliphatic hydroxyl groups excluding tert-OH is 20. The Morgan fingerprint density at radius 3 is 0.969 bits per heavy atom. The van der Waals surface area contributed by atoms with E-state index in [0.29, 0.717) is 5.56 Å². The van der Waals surface area contributed by atoms with Crippen LogP contribution in [0.3, 0.4) is 0 Å². The smallest absolute Gasteiger partial charge is 0.244 e. The Bertz CT molecular complexity index is 2850. The Balaban J connectivity index is 0.936. The summed E-state index contributed by atoms with van der Waals surface area (Å²) < 4.78 is 82.8. The van der Waals surface area contributed by atoms with Crippen LogP contribution in [0, 0.1) is 0 Å². The Hall–Kier alpha value is -4.32. The lowest BCUT2D eigenvalue weighted by atomic mass is 9.95. The molecule has 2 amide bonds. The second-order valence-electron chi connectivity index (χ2n) is 24.6. The largest absolute Gasteiger partial charge is 0.394 e. The molecule has 23 rings (SSSR count). The van der Waals surface area contributed by atoms with E-state index in [1.807, 2.05) is 0 Å². The summed E-state index contributed by atoms with van der Waals surface area (Å²) >= 11 is 0. The minimum Gasteiger partial charge on any atom is -0.394 e. The summed E-state index contributed by atoms with van der Waals surface area (Å²) in [5.41, 5.74) is 0.784. The van der Waals surface area contributed by atoms with E-state index in [9.17, 15) is 112 Å². The molecule has 0 spiro atoms. The molecule has 0 unspecified atom stereocenters. The van der Waals surface area contributed by atoms with E-state index in [2.05, 4.69) is 27.5 Å². The van der Waals surface area contributed by atoms with Crippen LogP contribution in [-0.4, -0.2) is 390 Å². The highest BCUT2D eigenvalue weighted by atomic mass is 16.8. The number of rotatable bonds is 15. The number of amides is 2. The highest BCUT2D eigenvalue weighted by Crippen LogP contribution is 2.39. The van der Waals surface area contributed by atoms with Crippen LogP contribution in [0.4, 0.5) is 0 Å². The van der Waals surface area contributed by atoms with Crippen molar-refractivity contribution in [3.63, 3.8) is 0 Å². The predicted molar refractivity (Wildman–Crippen MR) is 305 cm³/mol. The molecule has 1 aromatic carbocycles. The summed E-state index contributed by atoms with van der Waals surface area (Å²) in [7, 11) is 0. The Morgan fingerprint density at radius 2 is 0.694 bits per heavy atom. The molecule has 21 fully saturated rings. The molecule has 21 aliphatic rings. The van der Waals surface area contributed by atoms with E-state index in [1.165, 1.54) is 6.20 Å². The average molecular weight is 1420 g/mol. The fraction of sp³-hybridized carbons (Fsp3) is 0.789. The van der Waals surface area contributed by atoms with Gasteiger partial charge >= 0.3 is 0 Å². The minimum atomic E-state index is -2.29. The lowest BCUT2D eigenvalue weighted by Gasteiger charge is -2.50. The van der Waals surface area contributed by atoms with Crippen LogP contribution < -0.4 is 10.6 Å². The van der Waals surface area contributed by atoms with Crippen molar-refractivity contribution in [2.75, 3.05) is 39.6 Å². The van der Waals surface area contributed by atoms with E-state index in [4.69, 9.17) is 66.3 Å². The first-order chi connectivity index (χ1) is 46.9. The van der Waals surface area contributed by atoms with Gasteiger partial charge in [0.2, 0.25) is 11.8 Å². The molecule has 41 heteroatoms. The third kappa shape index (κ3) is 16.2. The van der Waals surface area contributed by atoms with Crippen molar-refractivity contribution < 1.29 is 178 Å². The van der Waals surface area contributed by atoms with Crippen molar-refractivity contribution in [2.24, 2.45) is 0 Å². The van der Waals surface area contributed by atoms with Crippen LogP contribution in [0.15, 0.2) is 49.2 Å². The number of carbonyl (C=O) groups is 2. The standard InChI is InChI=1S/C57H85N5O36/c1-2-28(69)59-20(8-18-6-4-3-5-7-18)50(84)58-9-19-10-62(61-60-19)11-21-43-29(70)36(77)51(85-21)93-44-22(12-63)87-53(38(79)31(44)72)95-46-24(14-65)89-55(40(81)33(46)74)97-48-26(16-67)91-57(42(83)35(48)76)98-49-27(17-68)90-56(41(82)34(49)75)96-47-25(15-66)88-54(39(80)32(47)73)94-45-23(13-64)86-52(92-43)37(78)30(45)71/h2-7,10,20-27,29-49,51-57,63-68,70-83H,1,8-9,11-17H2,(H,58,84)(H,59,69)/t20-,21-,22-,23-,24-,25-,26-,27-,29-,30-,31-,32-,33-,34-,35-,36-,37-,38-,39-,40-,41-,42-,43-,44-,45-,46-,47-,48-,49-,51-,52-,53-,54-,55-,56-,57-/m1/s1. The van der Waals surface area contributed by atoms with Gasteiger partial charge in [0, 0.05) is 6.42 Å². The zero-order valence-electron chi connectivity index (χ0n) is 51.7. The maximum Gasteiger partial charge on any atom is 0.244 e. The summed E-state index contributed by atoms with van der Waals surface area (Å²) in [6.07, 6.45) is -69.7. The van der Waals surface area contributed by atoms with E-state index < -0.39 is 279 Å². The van der Waals surface area contributed by atoms with Gasteiger partial charge in [-0.3, -0.25) is 9.59 Å². The second-order valence-corrected chi connectivity index (χ2v) is 24.6. The molecule has 36 atom stereocenters. The van der Waals surface area contributed by atoms with Gasteiger partial charge in [0.25, 0.3) is 0 Å². The molecule has 2 aromatic rings. The summed E-state index contributed by atoms with van der Waals surface area (Å²) in [4.78, 5) is 25.9. The molecule has 0 saturated carbocycles. The molecule has 21 saturated heterocycles. The third-order valence-corrected chi connectivity index (χ3v) is 18.1. The van der Waals surface area contributed by atoms with Crippen LogP contribution >= 0.6 is 0 Å². The number of benzene rings is 1. The van der Waals surface area contributed by atoms with Gasteiger partial charge in [0.1, 0.15) is 183 Å². The van der Waals surface area contributed by atoms with E-state index >= 15 is 0 Å². The van der Waals surface area contributed by atoms with Gasteiger partial charge < -0.3 is 179 Å². The lowest BCUT2D eigenvalue weighted by Crippen LogP contribution is -2.68. The van der Waals surface area contributed by atoms with Crippen molar-refractivity contribution in [2.45, 2.75) is 240 Å². The average Bonchev–Trinajstić information content (AvgIpc) is 0.902. The minimum absolute atomic E-state index is 0.0719. The van der Waals surface area contributed by atoms with Gasteiger partial charge in [-0.2, -0.15) is 0 Å². The van der Waals surface area contributed by atoms with Crippen LogP contribution in [-0.2, 0) is 95.4 Å². The maximum absolute atomic E-state index is 13.5. The van der Waals surface area contributed by atoms with E-state index in [-0.39, 0.29) is 18.7 Å². The highest BCUT2D eigenvalue weighted by Gasteiger charge is 2.60. The molecule has 98 heavy (non-hydrogen) atoms. The molecule has 1 aromatic heterocycles. The van der Waals surface area contributed by atoms with Crippen LogP contribution in [0.25, 0.3) is 0 Å². The van der Waals surface area contributed by atoms with E-state index in [0.717, 1.165) is 10.8 Å². The van der Waals surface area contributed by atoms with Gasteiger partial charge in [-0.1, -0.05) is 42.1 Å². The Kier molecular flexibility index (Phi) is 26.0. The number of nitrogens with zero attached hydrogens (tertiary/aromatic N) is 3. The maximum atomic E-state index is 13.5. The summed E-state index contributed by atoms with van der Waals surface area (Å²) in [5, 5.41) is 239. The number of ether oxygens (including phenoxy) is 14.